The average Bonchev–Trinajstić information content (AvgIpc) is 2.55. The van der Waals surface area contributed by atoms with E-state index in [1.54, 1.807) is 0 Å². The normalized spacial score (nSPS) is 17.1. The maximum atomic E-state index is 11.2. The molecule has 0 fully saturated rings. The third kappa shape index (κ3) is 9.38. The summed E-state index contributed by atoms with van der Waals surface area (Å²) in [6, 6.07) is 0. The second-order valence-corrected chi connectivity index (χ2v) is 21.2. The van der Waals surface area contributed by atoms with Crippen molar-refractivity contribution in [2.45, 2.75) is 142 Å². The topological polar surface area (TPSA) is 38.7 Å². The zero-order valence-electron chi connectivity index (χ0n) is 21.5. The average molecular weight is 445 g/mol. The van der Waals surface area contributed by atoms with Gasteiger partial charge in [-0.05, 0) is 42.7 Å². The lowest BCUT2D eigenvalue weighted by molar-refractivity contribution is -0.0324. The minimum Gasteiger partial charge on any atom is -0.408 e. The molecule has 0 aromatic rings. The van der Waals surface area contributed by atoms with Crippen molar-refractivity contribution in [3.05, 3.63) is 12.7 Å². The van der Waals surface area contributed by atoms with Gasteiger partial charge < -0.3 is 14.0 Å². The van der Waals surface area contributed by atoms with Crippen molar-refractivity contribution in [3.8, 4) is 0 Å². The van der Waals surface area contributed by atoms with Crippen LogP contribution in [0.25, 0.3) is 0 Å². The van der Waals surface area contributed by atoms with E-state index in [1.165, 1.54) is 25.7 Å². The predicted octanol–water partition coefficient (Wildman–Crippen LogP) is 7.67. The molecule has 0 bridgehead atoms. The van der Waals surface area contributed by atoms with Crippen LogP contribution in [0.5, 0.6) is 0 Å². The lowest BCUT2D eigenvalue weighted by Gasteiger charge is -2.45. The van der Waals surface area contributed by atoms with Crippen LogP contribution in [0.4, 0.5) is 0 Å². The Labute approximate surface area is 184 Å². The SMILES string of the molecule is C=C[C@H](O[Si](C)(C)C(C)(C)C)[C@H](O[Si](C)(C)C(C)(C)C)[C@H](O)CCCCCCC. The molecule has 0 saturated carbocycles. The first kappa shape index (κ1) is 29.1. The molecule has 0 heterocycles. The molecule has 29 heavy (non-hydrogen) atoms. The van der Waals surface area contributed by atoms with Gasteiger partial charge in [-0.15, -0.1) is 6.58 Å². The molecular formula is C24H52O3Si2. The molecule has 3 atom stereocenters. The third-order valence-electron chi connectivity index (χ3n) is 7.01. The molecule has 1 N–H and O–H groups in total. The lowest BCUT2D eigenvalue weighted by Crippen LogP contribution is -2.54. The highest BCUT2D eigenvalue weighted by molar-refractivity contribution is 6.74. The standard InChI is InChI=1S/C24H52O3Si2/c1-13-15-16-17-18-19-20(25)22(27-29(11,12)24(6,7)8)21(14-2)26-28(9,10)23(3,4)5/h14,20-22,25H,2,13,15-19H2,1,3-12H3/t20-,21+,22-/m1/s1. The van der Waals surface area contributed by atoms with E-state index in [9.17, 15) is 5.11 Å². The summed E-state index contributed by atoms with van der Waals surface area (Å²) in [4.78, 5) is 0. The maximum absolute atomic E-state index is 11.2. The maximum Gasteiger partial charge on any atom is 0.193 e. The Balaban J connectivity index is 5.55. The molecule has 0 amide bonds. The zero-order chi connectivity index (χ0) is 23.1. The van der Waals surface area contributed by atoms with Crippen LogP contribution in [0, 0.1) is 0 Å². The third-order valence-corrected chi connectivity index (χ3v) is 16.0. The highest BCUT2D eigenvalue weighted by Crippen LogP contribution is 2.41. The first-order valence-corrected chi connectivity index (χ1v) is 17.5. The number of hydrogen-bond donors (Lipinski definition) is 1. The van der Waals surface area contributed by atoms with Gasteiger partial charge >= 0.3 is 0 Å². The Bertz CT molecular complexity index is 475. The van der Waals surface area contributed by atoms with Crippen molar-refractivity contribution in [1.29, 1.82) is 0 Å². The number of aliphatic hydroxyl groups excluding tert-OH is 1. The van der Waals surface area contributed by atoms with E-state index in [-0.39, 0.29) is 22.3 Å². The number of hydrogen-bond acceptors (Lipinski definition) is 3. The number of aliphatic hydroxyl groups is 1. The van der Waals surface area contributed by atoms with Crippen LogP contribution in [0.1, 0.15) is 87.0 Å². The Morgan fingerprint density at radius 1 is 0.828 bits per heavy atom. The second-order valence-electron chi connectivity index (χ2n) is 11.7. The van der Waals surface area contributed by atoms with E-state index in [0.29, 0.717) is 0 Å². The van der Waals surface area contributed by atoms with E-state index in [4.69, 9.17) is 8.85 Å². The number of rotatable bonds is 13. The fraction of sp³-hybridized carbons (Fsp3) is 0.917. The smallest absolute Gasteiger partial charge is 0.193 e. The van der Waals surface area contributed by atoms with E-state index in [2.05, 4.69) is 81.2 Å². The van der Waals surface area contributed by atoms with Crippen molar-refractivity contribution in [1.82, 2.24) is 0 Å². The first-order chi connectivity index (χ1) is 13.0. The van der Waals surface area contributed by atoms with Gasteiger partial charge in [-0.1, -0.05) is 86.6 Å². The number of unbranched alkanes of at least 4 members (excludes halogenated alkanes) is 4. The van der Waals surface area contributed by atoms with Gasteiger partial charge in [0.1, 0.15) is 0 Å². The molecule has 0 aliphatic carbocycles. The fourth-order valence-corrected chi connectivity index (χ4v) is 5.36. The molecule has 0 saturated heterocycles. The molecule has 0 aromatic carbocycles. The molecule has 0 unspecified atom stereocenters. The van der Waals surface area contributed by atoms with E-state index in [1.807, 2.05) is 6.08 Å². The lowest BCUT2D eigenvalue weighted by atomic mass is 10.0. The van der Waals surface area contributed by atoms with Gasteiger partial charge in [-0.2, -0.15) is 0 Å². The fourth-order valence-electron chi connectivity index (χ4n) is 2.77. The molecule has 0 aromatic heterocycles. The molecule has 3 nitrogen and oxygen atoms in total. The van der Waals surface area contributed by atoms with Gasteiger partial charge in [0, 0.05) is 0 Å². The predicted molar refractivity (Wildman–Crippen MR) is 134 cm³/mol. The zero-order valence-corrected chi connectivity index (χ0v) is 23.5. The Kier molecular flexibility index (Phi) is 11.6. The van der Waals surface area contributed by atoms with Crippen LogP contribution in [0.15, 0.2) is 12.7 Å². The second kappa shape index (κ2) is 11.6. The Hall–Kier alpha value is 0.0538. The highest BCUT2D eigenvalue weighted by Gasteiger charge is 2.45. The first-order valence-electron chi connectivity index (χ1n) is 11.7. The largest absolute Gasteiger partial charge is 0.408 e. The van der Waals surface area contributed by atoms with E-state index < -0.39 is 22.7 Å². The quantitative estimate of drug-likeness (QED) is 0.180. The molecule has 0 aliphatic rings. The van der Waals surface area contributed by atoms with Crippen molar-refractivity contribution < 1.29 is 14.0 Å². The monoisotopic (exact) mass is 444 g/mol. The molecule has 5 heteroatoms. The summed E-state index contributed by atoms with van der Waals surface area (Å²) >= 11 is 0. The summed E-state index contributed by atoms with van der Waals surface area (Å²) in [6.45, 7) is 28.8. The van der Waals surface area contributed by atoms with Crippen LogP contribution in [-0.4, -0.2) is 40.1 Å². The van der Waals surface area contributed by atoms with Gasteiger partial charge in [-0.3, -0.25) is 0 Å². The highest BCUT2D eigenvalue weighted by atomic mass is 28.4. The minimum absolute atomic E-state index is 0.0782. The summed E-state index contributed by atoms with van der Waals surface area (Å²) in [5.74, 6) is 0. The van der Waals surface area contributed by atoms with Crippen molar-refractivity contribution in [3.63, 3.8) is 0 Å². The van der Waals surface area contributed by atoms with Crippen LogP contribution in [0.3, 0.4) is 0 Å². The molecule has 0 aliphatic heterocycles. The molecule has 0 spiro atoms. The van der Waals surface area contributed by atoms with Gasteiger partial charge in [0.05, 0.1) is 18.3 Å². The summed E-state index contributed by atoms with van der Waals surface area (Å²) in [7, 11) is -4.08. The molecule has 174 valence electrons. The summed E-state index contributed by atoms with van der Waals surface area (Å²) < 4.78 is 13.5. The molecule has 0 rings (SSSR count). The van der Waals surface area contributed by atoms with E-state index >= 15 is 0 Å². The summed E-state index contributed by atoms with van der Waals surface area (Å²) in [5.41, 5.74) is 0. The van der Waals surface area contributed by atoms with Crippen molar-refractivity contribution in [2.24, 2.45) is 0 Å². The van der Waals surface area contributed by atoms with Crippen LogP contribution in [-0.2, 0) is 8.85 Å². The van der Waals surface area contributed by atoms with Crippen molar-refractivity contribution >= 4 is 16.6 Å². The minimum atomic E-state index is -2.06. The van der Waals surface area contributed by atoms with Gasteiger partial charge in [-0.25, -0.2) is 0 Å². The Morgan fingerprint density at radius 3 is 1.69 bits per heavy atom. The van der Waals surface area contributed by atoms with Gasteiger partial charge in [0.25, 0.3) is 0 Å². The van der Waals surface area contributed by atoms with Crippen LogP contribution >= 0.6 is 0 Å². The van der Waals surface area contributed by atoms with Crippen LogP contribution in [0.2, 0.25) is 36.3 Å². The Morgan fingerprint density at radius 2 is 1.28 bits per heavy atom. The molecular weight excluding hydrogens is 392 g/mol. The summed E-state index contributed by atoms with van der Waals surface area (Å²) in [5, 5.41) is 11.4. The molecule has 0 radical (unpaired) electrons. The van der Waals surface area contributed by atoms with Crippen molar-refractivity contribution in [2.75, 3.05) is 0 Å². The van der Waals surface area contributed by atoms with Crippen LogP contribution < -0.4 is 0 Å². The van der Waals surface area contributed by atoms with Gasteiger partial charge in [0.2, 0.25) is 0 Å². The van der Waals surface area contributed by atoms with E-state index in [0.717, 1.165) is 12.8 Å². The van der Waals surface area contributed by atoms with Gasteiger partial charge in [0.15, 0.2) is 16.6 Å². The summed E-state index contributed by atoms with van der Waals surface area (Å²) in [6.07, 6.45) is 7.39.